The van der Waals surface area contributed by atoms with Crippen molar-refractivity contribution in [2.75, 3.05) is 12.3 Å². The van der Waals surface area contributed by atoms with Crippen molar-refractivity contribution in [3.63, 3.8) is 0 Å². The molecule has 0 aliphatic rings. The first-order valence-electron chi connectivity index (χ1n) is 7.80. The van der Waals surface area contributed by atoms with Crippen molar-refractivity contribution in [3.8, 4) is 0 Å². The van der Waals surface area contributed by atoms with E-state index in [9.17, 15) is 4.79 Å². The Hall–Kier alpha value is -2.41. The van der Waals surface area contributed by atoms with E-state index in [0.29, 0.717) is 12.3 Å². The summed E-state index contributed by atoms with van der Waals surface area (Å²) >= 11 is 1.78. The van der Waals surface area contributed by atoms with Crippen LogP contribution in [0.5, 0.6) is 0 Å². The first-order chi connectivity index (χ1) is 11.6. The van der Waals surface area contributed by atoms with Crippen LogP contribution < -0.4 is 5.32 Å². The third-order valence-electron chi connectivity index (χ3n) is 3.44. The van der Waals surface area contributed by atoms with E-state index in [0.717, 1.165) is 23.6 Å². The zero-order valence-electron chi connectivity index (χ0n) is 13.7. The topological polar surface area (TPSA) is 72.2 Å². The summed E-state index contributed by atoms with van der Waals surface area (Å²) in [6, 6.07) is 12.1. The first kappa shape index (κ1) is 16.4. The predicted octanol–water partition coefficient (Wildman–Crippen LogP) is 2.65. The number of fused-ring (bicyclic) bond motifs is 1. The molecule has 0 aliphatic carbocycles. The molecule has 7 heteroatoms. The van der Waals surface area contributed by atoms with Gasteiger partial charge in [-0.05, 0) is 44.2 Å². The third kappa shape index (κ3) is 3.91. The number of rotatable bonds is 6. The van der Waals surface area contributed by atoms with E-state index in [1.54, 1.807) is 16.3 Å². The second-order valence-electron chi connectivity index (χ2n) is 5.46. The molecule has 0 spiro atoms. The molecule has 0 saturated heterocycles. The average molecular weight is 341 g/mol. The van der Waals surface area contributed by atoms with E-state index in [4.69, 9.17) is 0 Å². The highest BCUT2D eigenvalue weighted by Crippen LogP contribution is 2.17. The molecule has 0 bridgehead atoms. The Bertz CT molecular complexity index is 847. The van der Waals surface area contributed by atoms with Crippen LogP contribution in [0.1, 0.15) is 28.4 Å². The van der Waals surface area contributed by atoms with Gasteiger partial charge in [-0.25, -0.2) is 9.50 Å². The molecule has 0 atom stereocenters. The Morgan fingerprint density at radius 3 is 2.79 bits per heavy atom. The number of nitrogens with one attached hydrogen (secondary N) is 1. The molecule has 1 aromatic carbocycles. The molecule has 0 unspecified atom stereocenters. The van der Waals surface area contributed by atoms with Gasteiger partial charge < -0.3 is 5.32 Å². The minimum atomic E-state index is -0.262. The summed E-state index contributed by atoms with van der Waals surface area (Å²) in [6.45, 7) is 4.41. The predicted molar refractivity (Wildman–Crippen MR) is 94.4 cm³/mol. The lowest BCUT2D eigenvalue weighted by molar-refractivity contribution is 0.0943. The first-order valence-corrected chi connectivity index (χ1v) is 8.79. The zero-order valence-corrected chi connectivity index (χ0v) is 14.5. The van der Waals surface area contributed by atoms with Gasteiger partial charge in [0, 0.05) is 22.8 Å². The number of hydrogen-bond acceptors (Lipinski definition) is 5. The summed E-state index contributed by atoms with van der Waals surface area (Å²) in [4.78, 5) is 21.9. The molecule has 0 saturated carbocycles. The van der Waals surface area contributed by atoms with E-state index in [1.165, 1.54) is 4.90 Å². The molecule has 1 N–H and O–H groups in total. The van der Waals surface area contributed by atoms with Crippen LogP contribution in [0.25, 0.3) is 5.78 Å². The highest BCUT2D eigenvalue weighted by Gasteiger charge is 2.14. The van der Waals surface area contributed by atoms with Gasteiger partial charge in [-0.3, -0.25) is 4.79 Å². The van der Waals surface area contributed by atoms with E-state index in [-0.39, 0.29) is 11.7 Å². The normalized spacial score (nSPS) is 10.9. The van der Waals surface area contributed by atoms with Crippen molar-refractivity contribution in [1.82, 2.24) is 24.9 Å². The molecule has 0 fully saturated rings. The smallest absolute Gasteiger partial charge is 0.291 e. The molecular weight excluding hydrogens is 322 g/mol. The number of carbonyl (C=O) groups excluding carboxylic acids is 1. The SMILES string of the molecule is Cc1cc(C)n2nc(C(=O)NCCCSc3ccccc3)nc2n1. The van der Waals surface area contributed by atoms with Gasteiger partial charge in [0.05, 0.1) is 0 Å². The fourth-order valence-electron chi connectivity index (χ4n) is 2.32. The summed E-state index contributed by atoms with van der Waals surface area (Å²) in [5.41, 5.74) is 1.76. The number of benzene rings is 1. The van der Waals surface area contributed by atoms with Gasteiger partial charge in [-0.1, -0.05) is 18.2 Å². The van der Waals surface area contributed by atoms with E-state index < -0.39 is 0 Å². The molecule has 0 aliphatic heterocycles. The number of hydrogen-bond donors (Lipinski definition) is 1. The Kier molecular flexibility index (Phi) is 5.10. The number of aromatic nitrogens is 4. The summed E-state index contributed by atoms with van der Waals surface area (Å²) in [7, 11) is 0. The van der Waals surface area contributed by atoms with Crippen molar-refractivity contribution >= 4 is 23.4 Å². The molecule has 1 amide bonds. The molecule has 6 nitrogen and oxygen atoms in total. The van der Waals surface area contributed by atoms with Crippen LogP contribution >= 0.6 is 11.8 Å². The van der Waals surface area contributed by atoms with Gasteiger partial charge in [0.25, 0.3) is 11.7 Å². The number of nitrogens with zero attached hydrogens (tertiary/aromatic N) is 4. The van der Waals surface area contributed by atoms with Crippen LogP contribution in [0, 0.1) is 13.8 Å². The highest BCUT2D eigenvalue weighted by atomic mass is 32.2. The van der Waals surface area contributed by atoms with Gasteiger partial charge in [0.1, 0.15) is 0 Å². The van der Waals surface area contributed by atoms with Crippen LogP contribution in [-0.2, 0) is 0 Å². The van der Waals surface area contributed by atoms with Crippen LogP contribution in [0.4, 0.5) is 0 Å². The second kappa shape index (κ2) is 7.44. The Balaban J connectivity index is 1.51. The molecular formula is C17H19N5OS. The van der Waals surface area contributed by atoms with Crippen LogP contribution in [0.3, 0.4) is 0 Å². The fraction of sp³-hybridized carbons (Fsp3) is 0.294. The summed E-state index contributed by atoms with van der Waals surface area (Å²) in [5, 5.41) is 7.09. The standard InChI is InChI=1S/C17H19N5OS/c1-12-11-13(2)22-17(19-12)20-15(21-22)16(23)18-9-6-10-24-14-7-4-3-5-8-14/h3-5,7-8,11H,6,9-10H2,1-2H3,(H,18,23). The number of aryl methyl sites for hydroxylation is 2. The van der Waals surface area contributed by atoms with Crippen LogP contribution in [0.2, 0.25) is 0 Å². The van der Waals surface area contributed by atoms with Crippen molar-refractivity contribution < 1.29 is 4.79 Å². The number of carbonyl (C=O) groups is 1. The van der Waals surface area contributed by atoms with Crippen molar-refractivity contribution in [2.45, 2.75) is 25.2 Å². The molecule has 124 valence electrons. The maximum Gasteiger partial charge on any atom is 0.291 e. The minimum absolute atomic E-state index is 0.159. The minimum Gasteiger partial charge on any atom is -0.349 e. The van der Waals surface area contributed by atoms with Crippen molar-refractivity contribution in [2.24, 2.45) is 0 Å². The molecule has 2 heterocycles. The second-order valence-corrected chi connectivity index (χ2v) is 6.63. The van der Waals surface area contributed by atoms with E-state index >= 15 is 0 Å². The maximum atomic E-state index is 12.2. The number of thioether (sulfide) groups is 1. The summed E-state index contributed by atoms with van der Waals surface area (Å²) in [5.74, 6) is 1.30. The largest absolute Gasteiger partial charge is 0.349 e. The fourth-order valence-corrected chi connectivity index (χ4v) is 3.20. The summed E-state index contributed by atoms with van der Waals surface area (Å²) in [6.07, 6.45) is 0.884. The van der Waals surface area contributed by atoms with Gasteiger partial charge in [0.2, 0.25) is 5.82 Å². The lowest BCUT2D eigenvalue weighted by atomic mass is 10.4. The molecule has 0 radical (unpaired) electrons. The van der Waals surface area contributed by atoms with Crippen LogP contribution in [0.15, 0.2) is 41.3 Å². The van der Waals surface area contributed by atoms with Crippen LogP contribution in [-0.4, -0.2) is 37.8 Å². The molecule has 3 rings (SSSR count). The highest BCUT2D eigenvalue weighted by molar-refractivity contribution is 7.99. The molecule has 24 heavy (non-hydrogen) atoms. The van der Waals surface area contributed by atoms with Gasteiger partial charge >= 0.3 is 0 Å². The Morgan fingerprint density at radius 1 is 1.21 bits per heavy atom. The van der Waals surface area contributed by atoms with E-state index in [2.05, 4.69) is 32.5 Å². The van der Waals surface area contributed by atoms with E-state index in [1.807, 2.05) is 38.1 Å². The van der Waals surface area contributed by atoms with Gasteiger partial charge in [-0.2, -0.15) is 4.98 Å². The average Bonchev–Trinajstić information content (AvgIpc) is 3.00. The Morgan fingerprint density at radius 2 is 2.00 bits per heavy atom. The van der Waals surface area contributed by atoms with Gasteiger partial charge in [-0.15, -0.1) is 16.9 Å². The quantitative estimate of drug-likeness (QED) is 0.551. The monoisotopic (exact) mass is 341 g/mol. The third-order valence-corrected chi connectivity index (χ3v) is 4.54. The number of amides is 1. The Labute approximate surface area is 144 Å². The summed E-state index contributed by atoms with van der Waals surface area (Å²) < 4.78 is 1.59. The maximum absolute atomic E-state index is 12.2. The van der Waals surface area contributed by atoms with Crippen molar-refractivity contribution in [3.05, 3.63) is 53.6 Å². The lowest BCUT2D eigenvalue weighted by Crippen LogP contribution is -2.26. The van der Waals surface area contributed by atoms with Gasteiger partial charge in [0.15, 0.2) is 0 Å². The van der Waals surface area contributed by atoms with Crippen molar-refractivity contribution in [1.29, 1.82) is 0 Å². The molecule has 2 aromatic heterocycles. The molecule has 3 aromatic rings. The lowest BCUT2D eigenvalue weighted by Gasteiger charge is -2.03. The zero-order chi connectivity index (χ0) is 16.9.